The molecule has 0 saturated carbocycles. The van der Waals surface area contributed by atoms with Crippen molar-refractivity contribution in [1.29, 1.82) is 0 Å². The molecule has 0 aromatic heterocycles. The average Bonchev–Trinajstić information content (AvgIpc) is 1.97. The molecule has 0 aromatic carbocycles. The number of carbonyl (C=O) groups excluding carboxylic acids is 2. The number of nitrogens with two attached hydrogens (primary N) is 1. The number of hydrazine groups is 1. The summed E-state index contributed by atoms with van der Waals surface area (Å²) in [4.78, 5) is 20.6. The second-order valence-electron chi connectivity index (χ2n) is 1.67. The molecule has 6 nitrogen and oxygen atoms in total. The highest BCUT2D eigenvalue weighted by atomic mass is 16.5. The number of hydrogen-bond acceptors (Lipinski definition) is 3. The number of amides is 3. The van der Waals surface area contributed by atoms with Crippen molar-refractivity contribution in [2.45, 2.75) is 6.92 Å². The number of rotatable bonds is 3. The quantitative estimate of drug-likeness (QED) is 0.450. The van der Waals surface area contributed by atoms with Gasteiger partial charge in [-0.25, -0.2) is 10.2 Å². The Bertz CT molecular complexity index is 148. The predicted molar refractivity (Wildman–Crippen MR) is 37.4 cm³/mol. The monoisotopic (exact) mass is 161 g/mol. The first-order chi connectivity index (χ1) is 5.16. The van der Waals surface area contributed by atoms with Crippen LogP contribution in [0.2, 0.25) is 0 Å². The Kier molecular flexibility index (Phi) is 4.83. The molecule has 0 bridgehead atoms. The summed E-state index contributed by atoms with van der Waals surface area (Å²) in [6.45, 7) is 2.12. The van der Waals surface area contributed by atoms with Crippen molar-refractivity contribution in [3.63, 3.8) is 0 Å². The Labute approximate surface area is 64.0 Å². The minimum Gasteiger partial charge on any atom is -0.372 e. The van der Waals surface area contributed by atoms with Crippen LogP contribution in [-0.4, -0.2) is 25.2 Å². The molecular weight excluding hydrogens is 150 g/mol. The van der Waals surface area contributed by atoms with Gasteiger partial charge >= 0.3 is 6.03 Å². The van der Waals surface area contributed by atoms with E-state index < -0.39 is 11.9 Å². The lowest BCUT2D eigenvalue weighted by Crippen LogP contribution is -2.45. The third-order valence-corrected chi connectivity index (χ3v) is 0.762. The van der Waals surface area contributed by atoms with Gasteiger partial charge in [-0.15, -0.1) is 0 Å². The molecule has 0 unspecified atom stereocenters. The number of hydrogen-bond donors (Lipinski definition) is 3. The molecule has 6 heteroatoms. The maximum absolute atomic E-state index is 10.6. The molecule has 0 rings (SSSR count). The van der Waals surface area contributed by atoms with E-state index >= 15 is 0 Å². The Morgan fingerprint density at radius 1 is 1.45 bits per heavy atom. The van der Waals surface area contributed by atoms with E-state index in [0.29, 0.717) is 6.61 Å². The number of carbonyl (C=O) groups is 2. The van der Waals surface area contributed by atoms with Gasteiger partial charge in [0.25, 0.3) is 5.91 Å². The Balaban J connectivity index is 3.30. The number of nitrogens with one attached hydrogen (secondary N) is 2. The molecule has 0 aliphatic heterocycles. The Morgan fingerprint density at radius 2 is 2.09 bits per heavy atom. The van der Waals surface area contributed by atoms with Gasteiger partial charge in [-0.2, -0.15) is 0 Å². The van der Waals surface area contributed by atoms with E-state index in [1.807, 2.05) is 10.9 Å². The maximum Gasteiger partial charge on any atom is 0.330 e. The van der Waals surface area contributed by atoms with Gasteiger partial charge in [0.15, 0.2) is 0 Å². The van der Waals surface area contributed by atoms with E-state index in [1.165, 1.54) is 0 Å². The average molecular weight is 161 g/mol. The summed E-state index contributed by atoms with van der Waals surface area (Å²) in [6.07, 6.45) is 0. The normalized spacial score (nSPS) is 8.82. The first-order valence-corrected chi connectivity index (χ1v) is 3.08. The Morgan fingerprint density at radius 3 is 2.55 bits per heavy atom. The molecule has 0 aliphatic carbocycles. The summed E-state index contributed by atoms with van der Waals surface area (Å²) in [6, 6.07) is -0.810. The van der Waals surface area contributed by atoms with Crippen LogP contribution in [0.15, 0.2) is 0 Å². The second-order valence-corrected chi connectivity index (χ2v) is 1.67. The molecule has 0 aliphatic rings. The number of primary amides is 1. The second kappa shape index (κ2) is 5.48. The van der Waals surface area contributed by atoms with Gasteiger partial charge < -0.3 is 10.5 Å². The lowest BCUT2D eigenvalue weighted by Gasteiger charge is -2.03. The van der Waals surface area contributed by atoms with Gasteiger partial charge in [0, 0.05) is 6.61 Å². The van der Waals surface area contributed by atoms with Gasteiger partial charge in [-0.1, -0.05) is 0 Å². The molecule has 3 amide bonds. The summed E-state index contributed by atoms with van der Waals surface area (Å²) in [7, 11) is 0. The van der Waals surface area contributed by atoms with Gasteiger partial charge in [0.1, 0.15) is 6.61 Å². The number of urea groups is 1. The molecule has 0 atom stereocenters. The zero-order valence-corrected chi connectivity index (χ0v) is 6.22. The molecule has 4 N–H and O–H groups in total. The third kappa shape index (κ3) is 6.59. The van der Waals surface area contributed by atoms with E-state index in [0.717, 1.165) is 0 Å². The topological polar surface area (TPSA) is 93.4 Å². The van der Waals surface area contributed by atoms with E-state index in [1.54, 1.807) is 6.92 Å². The van der Waals surface area contributed by atoms with Crippen LogP contribution in [0.4, 0.5) is 4.79 Å². The minimum absolute atomic E-state index is 0.0865. The van der Waals surface area contributed by atoms with Crippen LogP contribution in [-0.2, 0) is 9.53 Å². The fourth-order valence-corrected chi connectivity index (χ4v) is 0.362. The Hall–Kier alpha value is -1.30. The lowest BCUT2D eigenvalue weighted by molar-refractivity contribution is -0.126. The first kappa shape index (κ1) is 9.70. The summed E-state index contributed by atoms with van der Waals surface area (Å²) in [5.74, 6) is -0.439. The standard InChI is InChI=1S/C5H11N3O3/c1-2-11-3-4(9)7-8-5(6)10/h2-3H2,1H3,(H,7,9)(H3,6,8,10). The van der Waals surface area contributed by atoms with Crippen molar-refractivity contribution < 1.29 is 14.3 Å². The molecule has 0 radical (unpaired) electrons. The molecule has 11 heavy (non-hydrogen) atoms. The molecule has 0 aromatic rings. The van der Waals surface area contributed by atoms with Crippen LogP contribution in [0.3, 0.4) is 0 Å². The fraction of sp³-hybridized carbons (Fsp3) is 0.600. The molecule has 0 saturated heterocycles. The van der Waals surface area contributed by atoms with Gasteiger partial charge in [-0.3, -0.25) is 10.2 Å². The summed E-state index contributed by atoms with van der Waals surface area (Å²) < 4.78 is 4.72. The zero-order valence-electron chi connectivity index (χ0n) is 6.22. The fourth-order valence-electron chi connectivity index (χ4n) is 0.362. The highest BCUT2D eigenvalue weighted by Crippen LogP contribution is 1.70. The van der Waals surface area contributed by atoms with Gasteiger partial charge in [0.05, 0.1) is 0 Å². The van der Waals surface area contributed by atoms with E-state index in [9.17, 15) is 9.59 Å². The lowest BCUT2D eigenvalue weighted by atomic mass is 10.7. The predicted octanol–water partition coefficient (Wildman–Crippen LogP) is -1.28. The highest BCUT2D eigenvalue weighted by Gasteiger charge is 1.99. The largest absolute Gasteiger partial charge is 0.372 e. The SMILES string of the molecule is CCOCC(=O)NNC(N)=O. The number of ether oxygens (including phenoxy) is 1. The van der Waals surface area contributed by atoms with Crippen molar-refractivity contribution in [2.75, 3.05) is 13.2 Å². The van der Waals surface area contributed by atoms with Crippen LogP contribution in [0.25, 0.3) is 0 Å². The molecule has 0 spiro atoms. The van der Waals surface area contributed by atoms with Crippen molar-refractivity contribution >= 4 is 11.9 Å². The summed E-state index contributed by atoms with van der Waals surface area (Å²) >= 11 is 0. The van der Waals surface area contributed by atoms with Crippen LogP contribution in [0.1, 0.15) is 6.92 Å². The van der Waals surface area contributed by atoms with Crippen molar-refractivity contribution in [3.05, 3.63) is 0 Å². The molecular formula is C5H11N3O3. The minimum atomic E-state index is -0.810. The van der Waals surface area contributed by atoms with Crippen molar-refractivity contribution in [3.8, 4) is 0 Å². The molecule has 64 valence electrons. The van der Waals surface area contributed by atoms with E-state index in [-0.39, 0.29) is 6.61 Å². The zero-order chi connectivity index (χ0) is 8.69. The van der Waals surface area contributed by atoms with Gasteiger partial charge in [-0.05, 0) is 6.92 Å². The first-order valence-electron chi connectivity index (χ1n) is 3.08. The van der Waals surface area contributed by atoms with Crippen LogP contribution in [0.5, 0.6) is 0 Å². The van der Waals surface area contributed by atoms with Crippen LogP contribution in [0, 0.1) is 0 Å². The smallest absolute Gasteiger partial charge is 0.330 e. The maximum atomic E-state index is 10.6. The highest BCUT2D eigenvalue weighted by molar-refractivity contribution is 5.80. The molecule has 0 fully saturated rings. The summed E-state index contributed by atoms with van der Waals surface area (Å²) in [5, 5.41) is 0. The van der Waals surface area contributed by atoms with Gasteiger partial charge in [0.2, 0.25) is 0 Å². The van der Waals surface area contributed by atoms with E-state index in [4.69, 9.17) is 4.74 Å². The van der Waals surface area contributed by atoms with Crippen LogP contribution >= 0.6 is 0 Å². The third-order valence-electron chi connectivity index (χ3n) is 0.762. The molecule has 0 heterocycles. The summed E-state index contributed by atoms with van der Waals surface area (Å²) in [5.41, 5.74) is 8.61. The van der Waals surface area contributed by atoms with Crippen molar-refractivity contribution in [2.24, 2.45) is 5.73 Å². The van der Waals surface area contributed by atoms with Crippen LogP contribution < -0.4 is 16.6 Å². The van der Waals surface area contributed by atoms with Crippen molar-refractivity contribution in [1.82, 2.24) is 10.9 Å². The van der Waals surface area contributed by atoms with E-state index in [2.05, 4.69) is 5.73 Å².